The molecule has 0 atom stereocenters. The van der Waals surface area contributed by atoms with Gasteiger partial charge in [0.15, 0.2) is 0 Å². The topological polar surface area (TPSA) is 0 Å². The number of hydrogen-bond acceptors (Lipinski definition) is 0. The molecule has 0 nitrogen and oxygen atoms in total. The lowest BCUT2D eigenvalue weighted by molar-refractivity contribution is 0.474. The van der Waals surface area contributed by atoms with E-state index in [-0.39, 0.29) is 16.2 Å². The molecule has 1 spiro atoms. The highest BCUT2D eigenvalue weighted by atomic mass is 14.6. The maximum Gasteiger partial charge on any atom is 0.0716 e. The Kier molecular flexibility index (Phi) is 3.37. The van der Waals surface area contributed by atoms with E-state index < -0.39 is 0 Å². The molecule has 0 heterocycles. The van der Waals surface area contributed by atoms with Crippen molar-refractivity contribution in [1.82, 2.24) is 0 Å². The van der Waals surface area contributed by atoms with E-state index >= 15 is 0 Å². The zero-order valence-corrected chi connectivity index (χ0v) is 18.3. The third-order valence-electron chi connectivity index (χ3n) is 7.69. The van der Waals surface area contributed by atoms with Crippen molar-refractivity contribution in [1.29, 1.82) is 0 Å². The summed E-state index contributed by atoms with van der Waals surface area (Å²) >= 11 is 0. The monoisotopic (exact) mass is 388 g/mol. The van der Waals surface area contributed by atoms with Gasteiger partial charge >= 0.3 is 0 Å². The first-order valence-corrected chi connectivity index (χ1v) is 11.1. The number of rotatable bonds is 0. The van der Waals surface area contributed by atoms with Crippen LogP contribution in [0.4, 0.5) is 0 Å². The summed E-state index contributed by atoms with van der Waals surface area (Å²) in [6, 6.07) is 27.4. The Labute approximate surface area is 180 Å². The van der Waals surface area contributed by atoms with E-state index in [1.807, 2.05) is 0 Å². The Morgan fingerprint density at radius 3 is 1.70 bits per heavy atom. The number of fused-ring (bicyclic) bond motifs is 9. The normalized spacial score (nSPS) is 21.1. The summed E-state index contributed by atoms with van der Waals surface area (Å²) in [4.78, 5) is 0. The zero-order chi connectivity index (χ0) is 20.7. The van der Waals surface area contributed by atoms with Crippen LogP contribution < -0.4 is 0 Å². The van der Waals surface area contributed by atoms with Gasteiger partial charge in [-0.1, -0.05) is 113 Å². The smallest absolute Gasteiger partial charge is 0.0716 e. The highest BCUT2D eigenvalue weighted by Gasteiger charge is 2.55. The summed E-state index contributed by atoms with van der Waals surface area (Å²) in [5.41, 5.74) is 11.5. The molecular weight excluding hydrogens is 360 g/mol. The molecule has 30 heavy (non-hydrogen) atoms. The summed E-state index contributed by atoms with van der Waals surface area (Å²) in [6.07, 6.45) is 6.16. The Hall–Kier alpha value is -2.86. The Morgan fingerprint density at radius 2 is 1.10 bits per heavy atom. The van der Waals surface area contributed by atoms with Crippen molar-refractivity contribution in [2.45, 2.75) is 44.9 Å². The van der Waals surface area contributed by atoms with Gasteiger partial charge in [0.25, 0.3) is 0 Å². The van der Waals surface area contributed by atoms with E-state index in [2.05, 4.69) is 113 Å². The molecule has 0 amide bonds. The van der Waals surface area contributed by atoms with Crippen LogP contribution in [-0.2, 0) is 10.8 Å². The van der Waals surface area contributed by atoms with Gasteiger partial charge in [-0.05, 0) is 56.4 Å². The van der Waals surface area contributed by atoms with Gasteiger partial charge in [0.05, 0.1) is 5.41 Å². The maximum atomic E-state index is 2.58. The van der Waals surface area contributed by atoms with Crippen LogP contribution in [0.25, 0.3) is 5.57 Å². The summed E-state index contributed by atoms with van der Waals surface area (Å²) in [6.45, 7) is 9.51. The molecule has 3 aromatic rings. The van der Waals surface area contributed by atoms with E-state index in [1.165, 1.54) is 44.5 Å². The van der Waals surface area contributed by atoms with Crippen molar-refractivity contribution in [2.24, 2.45) is 5.41 Å². The summed E-state index contributed by atoms with van der Waals surface area (Å²) < 4.78 is 0. The SMILES string of the molecule is CC1(C)C=C2C(=CC1)c1ccccc1C21c2ccccc2C(C)(C)c2ccccc21. The second-order valence-electron chi connectivity index (χ2n) is 10.4. The van der Waals surface area contributed by atoms with Crippen LogP contribution in [0.15, 0.2) is 90.5 Å². The minimum Gasteiger partial charge on any atom is -0.0755 e. The number of benzene rings is 3. The van der Waals surface area contributed by atoms with E-state index in [1.54, 1.807) is 0 Å². The highest BCUT2D eigenvalue weighted by molar-refractivity contribution is 5.96. The molecule has 0 saturated carbocycles. The quantitative estimate of drug-likeness (QED) is 0.376. The fourth-order valence-corrected chi connectivity index (χ4v) is 6.34. The molecule has 0 N–H and O–H groups in total. The van der Waals surface area contributed by atoms with Crippen molar-refractivity contribution in [3.8, 4) is 0 Å². The van der Waals surface area contributed by atoms with Crippen molar-refractivity contribution in [3.05, 3.63) is 124 Å². The summed E-state index contributed by atoms with van der Waals surface area (Å²) in [5.74, 6) is 0. The maximum absolute atomic E-state index is 2.58. The lowest BCUT2D eigenvalue weighted by atomic mass is 9.54. The molecule has 0 bridgehead atoms. The van der Waals surface area contributed by atoms with Gasteiger partial charge in [-0.3, -0.25) is 0 Å². The van der Waals surface area contributed by atoms with E-state index in [9.17, 15) is 0 Å². The molecule has 0 fully saturated rings. The molecule has 0 heteroatoms. The minimum atomic E-state index is -0.233. The van der Waals surface area contributed by atoms with Crippen LogP contribution >= 0.6 is 0 Å². The van der Waals surface area contributed by atoms with Crippen LogP contribution in [0.1, 0.15) is 67.5 Å². The fourth-order valence-electron chi connectivity index (χ4n) is 6.34. The standard InChI is InChI=1S/C30H28/c1-28(2)18-17-21-20-11-5-6-12-22(20)30(27(21)19-28)25-15-9-7-13-23(25)29(3,4)24-14-8-10-16-26(24)30/h5-17,19H,18H2,1-4H3. The molecule has 3 aromatic carbocycles. The molecule has 148 valence electrons. The van der Waals surface area contributed by atoms with Crippen LogP contribution in [0.2, 0.25) is 0 Å². The van der Waals surface area contributed by atoms with Gasteiger partial charge in [0.1, 0.15) is 0 Å². The van der Waals surface area contributed by atoms with Gasteiger partial charge in [0.2, 0.25) is 0 Å². The van der Waals surface area contributed by atoms with Crippen molar-refractivity contribution >= 4 is 5.57 Å². The Balaban J connectivity index is 1.85. The molecular formula is C30H28. The third-order valence-corrected chi connectivity index (χ3v) is 7.69. The summed E-state index contributed by atoms with van der Waals surface area (Å²) in [7, 11) is 0. The molecule has 0 aromatic heterocycles. The van der Waals surface area contributed by atoms with E-state index in [0.29, 0.717) is 0 Å². The van der Waals surface area contributed by atoms with Crippen molar-refractivity contribution in [3.63, 3.8) is 0 Å². The van der Waals surface area contributed by atoms with Gasteiger partial charge in [-0.2, -0.15) is 0 Å². The lowest BCUT2D eigenvalue weighted by Gasteiger charge is -2.47. The molecule has 3 aliphatic carbocycles. The predicted molar refractivity (Wildman–Crippen MR) is 126 cm³/mol. The van der Waals surface area contributed by atoms with Crippen LogP contribution in [0, 0.1) is 5.41 Å². The first kappa shape index (κ1) is 18.0. The Morgan fingerprint density at radius 1 is 0.600 bits per heavy atom. The van der Waals surface area contributed by atoms with E-state index in [0.717, 1.165) is 6.42 Å². The third kappa shape index (κ3) is 2.02. The molecule has 0 radical (unpaired) electrons. The minimum absolute atomic E-state index is 0.0232. The molecule has 6 rings (SSSR count). The Bertz CT molecular complexity index is 1210. The number of hydrogen-bond donors (Lipinski definition) is 0. The predicted octanol–water partition coefficient (Wildman–Crippen LogP) is 7.41. The second kappa shape index (κ2) is 5.64. The zero-order valence-electron chi connectivity index (χ0n) is 18.3. The molecule has 0 saturated heterocycles. The van der Waals surface area contributed by atoms with Gasteiger partial charge in [-0.15, -0.1) is 0 Å². The van der Waals surface area contributed by atoms with E-state index in [4.69, 9.17) is 0 Å². The fraction of sp³-hybridized carbons (Fsp3) is 0.267. The van der Waals surface area contributed by atoms with Crippen LogP contribution in [0.3, 0.4) is 0 Å². The average molecular weight is 389 g/mol. The second-order valence-corrected chi connectivity index (χ2v) is 10.4. The molecule has 0 unspecified atom stereocenters. The van der Waals surface area contributed by atoms with Crippen molar-refractivity contribution < 1.29 is 0 Å². The van der Waals surface area contributed by atoms with Gasteiger partial charge in [-0.25, -0.2) is 0 Å². The highest BCUT2D eigenvalue weighted by Crippen LogP contribution is 2.64. The van der Waals surface area contributed by atoms with Gasteiger partial charge in [0, 0.05) is 5.41 Å². The average Bonchev–Trinajstić information content (AvgIpc) is 3.02. The van der Waals surface area contributed by atoms with Crippen molar-refractivity contribution in [2.75, 3.05) is 0 Å². The lowest BCUT2D eigenvalue weighted by Crippen LogP contribution is -2.41. The number of allylic oxidation sites excluding steroid dienone is 4. The largest absolute Gasteiger partial charge is 0.0755 e. The van der Waals surface area contributed by atoms with Crippen LogP contribution in [-0.4, -0.2) is 0 Å². The molecule has 0 aliphatic heterocycles. The first-order chi connectivity index (χ1) is 14.4. The first-order valence-electron chi connectivity index (χ1n) is 11.1. The summed E-state index contributed by atoms with van der Waals surface area (Å²) in [5, 5.41) is 0. The molecule has 3 aliphatic rings. The van der Waals surface area contributed by atoms with Crippen LogP contribution in [0.5, 0.6) is 0 Å². The van der Waals surface area contributed by atoms with Gasteiger partial charge < -0.3 is 0 Å².